The van der Waals surface area contributed by atoms with Crippen LogP contribution in [0.3, 0.4) is 0 Å². The van der Waals surface area contributed by atoms with E-state index in [2.05, 4.69) is 91.3 Å². The Kier molecular flexibility index (Phi) is 5.60. The Balaban J connectivity index is 2.16. The average Bonchev–Trinajstić information content (AvgIpc) is 2.67. The zero-order valence-electron chi connectivity index (χ0n) is 14.4. The summed E-state index contributed by atoms with van der Waals surface area (Å²) >= 11 is 1.87. The normalized spacial score (nSPS) is 12.1. The van der Waals surface area contributed by atoms with E-state index in [1.165, 1.54) is 39.1 Å². The zero-order valence-corrected chi connectivity index (χ0v) is 15.2. The van der Waals surface area contributed by atoms with Crippen LogP contribution >= 0.6 is 11.3 Å². The summed E-state index contributed by atoms with van der Waals surface area (Å²) in [5.41, 5.74) is 3.84. The molecule has 3 rings (SSSR count). The highest BCUT2D eigenvalue weighted by molar-refractivity contribution is 7.12. The lowest BCUT2D eigenvalue weighted by atomic mass is 10.1. The van der Waals surface area contributed by atoms with Crippen LogP contribution in [0.5, 0.6) is 0 Å². The molecule has 0 saturated heterocycles. The van der Waals surface area contributed by atoms with E-state index >= 15 is 0 Å². The minimum Gasteiger partial charge on any atom is -0.224 e. The quantitative estimate of drug-likeness (QED) is 0.558. The Bertz CT molecular complexity index is 787. The van der Waals surface area contributed by atoms with Crippen LogP contribution in [0.15, 0.2) is 72.8 Å². The SMILES string of the molecule is CCCC[N+](C)=c1cc(-c2ccccc2)cc(-c2ccccc2)s1. The van der Waals surface area contributed by atoms with Crippen molar-refractivity contribution < 1.29 is 0 Å². The van der Waals surface area contributed by atoms with Gasteiger partial charge in [-0.2, -0.15) is 0 Å². The maximum Gasteiger partial charge on any atom is 0.257 e. The summed E-state index contributed by atoms with van der Waals surface area (Å²) < 4.78 is 3.70. The fourth-order valence-electron chi connectivity index (χ4n) is 2.72. The van der Waals surface area contributed by atoms with Crippen LogP contribution in [-0.2, 0) is 0 Å². The van der Waals surface area contributed by atoms with Gasteiger partial charge in [0.1, 0.15) is 13.6 Å². The van der Waals surface area contributed by atoms with Crippen molar-refractivity contribution in [2.75, 3.05) is 13.6 Å². The van der Waals surface area contributed by atoms with Crippen LogP contribution in [0.25, 0.3) is 21.6 Å². The molecule has 0 fully saturated rings. The molecule has 1 heterocycles. The molecule has 122 valence electrons. The molecule has 0 aliphatic heterocycles. The smallest absolute Gasteiger partial charge is 0.224 e. The first kappa shape index (κ1) is 16.7. The Morgan fingerprint density at radius 2 is 1.42 bits per heavy atom. The van der Waals surface area contributed by atoms with E-state index in [1.54, 1.807) is 0 Å². The number of hydrogen-bond acceptors (Lipinski definition) is 1. The lowest BCUT2D eigenvalue weighted by Crippen LogP contribution is -2.25. The molecule has 2 aromatic carbocycles. The van der Waals surface area contributed by atoms with Crippen molar-refractivity contribution in [3.8, 4) is 21.6 Å². The molecule has 1 nitrogen and oxygen atoms in total. The van der Waals surface area contributed by atoms with Gasteiger partial charge in [-0.15, -0.1) is 0 Å². The van der Waals surface area contributed by atoms with Crippen molar-refractivity contribution in [3.05, 3.63) is 77.5 Å². The fourth-order valence-corrected chi connectivity index (χ4v) is 3.82. The van der Waals surface area contributed by atoms with E-state index in [4.69, 9.17) is 0 Å². The minimum absolute atomic E-state index is 1.10. The van der Waals surface area contributed by atoms with Crippen molar-refractivity contribution in [1.29, 1.82) is 0 Å². The Labute approximate surface area is 148 Å². The van der Waals surface area contributed by atoms with Crippen LogP contribution in [0.2, 0.25) is 0 Å². The molecule has 0 spiro atoms. The largest absolute Gasteiger partial charge is 0.257 e. The van der Waals surface area contributed by atoms with Gasteiger partial charge in [-0.05, 0) is 22.8 Å². The number of nitrogens with zero attached hydrogens (tertiary/aromatic N) is 1. The second-order valence-corrected chi connectivity index (χ2v) is 7.12. The highest BCUT2D eigenvalue weighted by Gasteiger charge is 2.08. The van der Waals surface area contributed by atoms with Gasteiger partial charge < -0.3 is 0 Å². The molecule has 0 unspecified atom stereocenters. The second-order valence-electron chi connectivity index (χ2n) is 6.06. The molecule has 0 bridgehead atoms. The monoisotopic (exact) mass is 334 g/mol. The number of hydrogen-bond donors (Lipinski definition) is 0. The van der Waals surface area contributed by atoms with Crippen LogP contribution in [-0.4, -0.2) is 13.6 Å². The molecule has 2 heteroatoms. The summed E-state index contributed by atoms with van der Waals surface area (Å²) in [4.78, 5) is 1.32. The van der Waals surface area contributed by atoms with Crippen molar-refractivity contribution in [3.63, 3.8) is 0 Å². The molecule has 0 radical (unpaired) electrons. The van der Waals surface area contributed by atoms with Gasteiger partial charge in [-0.1, -0.05) is 85.3 Å². The number of benzene rings is 2. The minimum atomic E-state index is 1.10. The van der Waals surface area contributed by atoms with Gasteiger partial charge in [0, 0.05) is 17.4 Å². The maximum absolute atomic E-state index is 2.38. The first-order valence-electron chi connectivity index (χ1n) is 8.58. The molecule has 0 saturated carbocycles. The highest BCUT2D eigenvalue weighted by Crippen LogP contribution is 2.27. The van der Waals surface area contributed by atoms with Crippen LogP contribution in [0, 0.1) is 0 Å². The number of rotatable bonds is 5. The van der Waals surface area contributed by atoms with E-state index in [-0.39, 0.29) is 0 Å². The van der Waals surface area contributed by atoms with Crippen molar-refractivity contribution >= 4 is 11.3 Å². The molecular formula is C22H24NS+. The molecule has 3 aromatic rings. The molecule has 0 amide bonds. The van der Waals surface area contributed by atoms with E-state index in [0.29, 0.717) is 0 Å². The molecule has 0 atom stereocenters. The third-order valence-electron chi connectivity index (χ3n) is 4.17. The number of unbranched alkanes of at least 4 members (excludes halogenated alkanes) is 1. The average molecular weight is 335 g/mol. The summed E-state index contributed by atoms with van der Waals surface area (Å²) in [7, 11) is 2.20. The summed E-state index contributed by atoms with van der Waals surface area (Å²) in [6.45, 7) is 3.34. The highest BCUT2D eigenvalue weighted by atomic mass is 32.1. The predicted molar refractivity (Wildman–Crippen MR) is 106 cm³/mol. The lowest BCUT2D eigenvalue weighted by Gasteiger charge is -2.06. The molecule has 0 aliphatic rings. The molecule has 24 heavy (non-hydrogen) atoms. The van der Waals surface area contributed by atoms with Crippen LogP contribution < -0.4 is 9.25 Å². The second kappa shape index (κ2) is 8.07. The first-order valence-corrected chi connectivity index (χ1v) is 9.39. The van der Waals surface area contributed by atoms with E-state index < -0.39 is 0 Å². The van der Waals surface area contributed by atoms with E-state index in [1.807, 2.05) is 11.3 Å². The Morgan fingerprint density at radius 1 is 0.792 bits per heavy atom. The third kappa shape index (κ3) is 4.01. The molecule has 1 aromatic heterocycles. The maximum atomic E-state index is 2.38. The van der Waals surface area contributed by atoms with Gasteiger partial charge in [0.2, 0.25) is 0 Å². The van der Waals surface area contributed by atoms with Gasteiger partial charge in [0.05, 0.1) is 0 Å². The van der Waals surface area contributed by atoms with E-state index in [0.717, 1.165) is 6.54 Å². The van der Waals surface area contributed by atoms with Gasteiger partial charge in [-0.25, -0.2) is 4.58 Å². The van der Waals surface area contributed by atoms with Crippen molar-refractivity contribution in [1.82, 2.24) is 4.58 Å². The molecule has 0 aliphatic carbocycles. The molecular weight excluding hydrogens is 310 g/mol. The van der Waals surface area contributed by atoms with Gasteiger partial charge in [0.25, 0.3) is 4.67 Å². The van der Waals surface area contributed by atoms with Gasteiger partial charge in [-0.3, -0.25) is 0 Å². The predicted octanol–water partition coefficient (Wildman–Crippen LogP) is 5.28. The third-order valence-corrected chi connectivity index (χ3v) is 5.38. The first-order chi connectivity index (χ1) is 11.8. The summed E-state index contributed by atoms with van der Waals surface area (Å²) in [6, 6.07) is 26.0. The Hall–Kier alpha value is -2.19. The molecule has 0 N–H and O–H groups in total. The van der Waals surface area contributed by atoms with Crippen LogP contribution in [0.4, 0.5) is 0 Å². The summed E-state index contributed by atoms with van der Waals surface area (Å²) in [6.07, 6.45) is 2.44. The van der Waals surface area contributed by atoms with E-state index in [9.17, 15) is 0 Å². The van der Waals surface area contributed by atoms with Crippen LogP contribution in [0.1, 0.15) is 19.8 Å². The fraction of sp³-hybridized carbons (Fsp3) is 0.227. The van der Waals surface area contributed by atoms with Crippen molar-refractivity contribution in [2.24, 2.45) is 0 Å². The summed E-state index contributed by atoms with van der Waals surface area (Å²) in [5, 5.41) is 0. The van der Waals surface area contributed by atoms with Gasteiger partial charge in [0.15, 0.2) is 0 Å². The topological polar surface area (TPSA) is 3.01 Å². The standard InChI is InChI=1S/C22H24NS/c1-3-4-15-23(2)22-17-20(18-11-7-5-8-12-18)16-21(24-22)19-13-9-6-10-14-19/h5-14,16-17H,3-4,15H2,1-2H3/q+1. The van der Waals surface area contributed by atoms with Gasteiger partial charge >= 0.3 is 0 Å². The Morgan fingerprint density at radius 3 is 2.04 bits per heavy atom. The van der Waals surface area contributed by atoms with Crippen molar-refractivity contribution in [2.45, 2.75) is 19.8 Å². The zero-order chi connectivity index (χ0) is 16.8. The summed E-state index contributed by atoms with van der Waals surface area (Å²) in [5.74, 6) is 0. The lowest BCUT2D eigenvalue weighted by molar-refractivity contribution is 0.626.